The average molecular weight is 320 g/mol. The third-order valence-electron chi connectivity index (χ3n) is 3.39. The minimum Gasteiger partial charge on any atom is -0.497 e. The smallest absolute Gasteiger partial charge is 0.289 e. The van der Waals surface area contributed by atoms with Crippen molar-refractivity contribution >= 4 is 12.1 Å². The normalized spacial score (nSPS) is 10.7. The zero-order valence-electron chi connectivity index (χ0n) is 13.1. The van der Waals surface area contributed by atoms with Gasteiger partial charge in [-0.05, 0) is 35.9 Å². The number of aromatic nitrogens is 2. The van der Waals surface area contributed by atoms with Crippen LogP contribution in [-0.4, -0.2) is 29.4 Å². The van der Waals surface area contributed by atoms with Gasteiger partial charge in [0.25, 0.3) is 5.91 Å². The third kappa shape index (κ3) is 3.67. The van der Waals surface area contributed by atoms with Crippen LogP contribution in [0.3, 0.4) is 0 Å². The van der Waals surface area contributed by atoms with Crippen LogP contribution in [0.2, 0.25) is 0 Å². The molecule has 6 nitrogen and oxygen atoms in total. The van der Waals surface area contributed by atoms with Gasteiger partial charge in [0, 0.05) is 5.56 Å². The molecule has 24 heavy (non-hydrogen) atoms. The summed E-state index contributed by atoms with van der Waals surface area (Å²) in [6.07, 6.45) is 1.58. The van der Waals surface area contributed by atoms with Crippen molar-refractivity contribution < 1.29 is 9.53 Å². The van der Waals surface area contributed by atoms with E-state index in [1.54, 1.807) is 19.4 Å². The first kappa shape index (κ1) is 15.5. The Kier molecular flexibility index (Phi) is 4.67. The molecule has 1 aromatic heterocycles. The predicted octanol–water partition coefficient (Wildman–Crippen LogP) is 2.85. The average Bonchev–Trinajstić information content (AvgIpc) is 3.13. The molecule has 0 fully saturated rings. The number of ether oxygens (including phenoxy) is 1. The Bertz CT molecular complexity index is 839. The number of hydrogen-bond acceptors (Lipinski definition) is 4. The highest BCUT2D eigenvalue weighted by Crippen LogP contribution is 2.21. The fourth-order valence-corrected chi connectivity index (χ4v) is 2.11. The molecule has 0 aliphatic heterocycles. The molecule has 0 saturated carbocycles. The van der Waals surface area contributed by atoms with Crippen LogP contribution in [0.1, 0.15) is 16.1 Å². The lowest BCUT2D eigenvalue weighted by molar-refractivity contribution is 0.0950. The summed E-state index contributed by atoms with van der Waals surface area (Å²) < 4.78 is 5.12. The minimum atomic E-state index is -0.352. The lowest BCUT2D eigenvalue weighted by Gasteiger charge is -2.00. The molecule has 1 heterocycles. The number of methoxy groups -OCH3 is 1. The molecule has 0 aliphatic carbocycles. The van der Waals surface area contributed by atoms with Crippen LogP contribution in [0.15, 0.2) is 65.8 Å². The van der Waals surface area contributed by atoms with E-state index in [-0.39, 0.29) is 5.91 Å². The van der Waals surface area contributed by atoms with Gasteiger partial charge < -0.3 is 4.74 Å². The number of aromatic amines is 1. The second kappa shape index (κ2) is 7.23. The zero-order chi connectivity index (χ0) is 16.8. The van der Waals surface area contributed by atoms with Gasteiger partial charge >= 0.3 is 0 Å². The number of amides is 1. The Morgan fingerprint density at radius 2 is 1.92 bits per heavy atom. The first-order chi connectivity index (χ1) is 11.8. The molecular weight excluding hydrogens is 304 g/mol. The van der Waals surface area contributed by atoms with E-state index < -0.39 is 0 Å². The molecule has 3 aromatic rings. The quantitative estimate of drug-likeness (QED) is 0.560. The molecular formula is C18H16N4O2. The maximum absolute atomic E-state index is 12.1. The number of hydrazone groups is 1. The first-order valence-electron chi connectivity index (χ1n) is 7.34. The summed E-state index contributed by atoms with van der Waals surface area (Å²) in [4.78, 5) is 12.1. The molecule has 0 atom stereocenters. The SMILES string of the molecule is COc1ccc(-c2cc(C(=O)NN=Cc3ccccc3)[nH]n2)cc1. The van der Waals surface area contributed by atoms with Gasteiger partial charge in [-0.1, -0.05) is 30.3 Å². The minimum absolute atomic E-state index is 0.339. The van der Waals surface area contributed by atoms with Crippen LogP contribution < -0.4 is 10.2 Å². The number of H-pyrrole nitrogens is 1. The number of hydrogen-bond donors (Lipinski definition) is 2. The lowest BCUT2D eigenvalue weighted by Crippen LogP contribution is -2.17. The van der Waals surface area contributed by atoms with E-state index in [0.29, 0.717) is 11.4 Å². The van der Waals surface area contributed by atoms with Gasteiger partial charge in [0.15, 0.2) is 0 Å². The number of carbonyl (C=O) groups is 1. The van der Waals surface area contributed by atoms with E-state index in [4.69, 9.17) is 4.74 Å². The molecule has 0 unspecified atom stereocenters. The van der Waals surface area contributed by atoms with Crippen molar-refractivity contribution in [3.05, 3.63) is 71.9 Å². The van der Waals surface area contributed by atoms with Crippen LogP contribution in [0, 0.1) is 0 Å². The monoisotopic (exact) mass is 320 g/mol. The van der Waals surface area contributed by atoms with E-state index in [1.165, 1.54) is 0 Å². The highest BCUT2D eigenvalue weighted by molar-refractivity contribution is 5.94. The fraction of sp³-hybridized carbons (Fsp3) is 0.0556. The predicted molar refractivity (Wildman–Crippen MR) is 92.1 cm³/mol. The summed E-state index contributed by atoms with van der Waals surface area (Å²) in [7, 11) is 1.61. The fourth-order valence-electron chi connectivity index (χ4n) is 2.11. The van der Waals surface area contributed by atoms with Crippen molar-refractivity contribution in [3.63, 3.8) is 0 Å². The van der Waals surface area contributed by atoms with E-state index in [0.717, 1.165) is 16.9 Å². The van der Waals surface area contributed by atoms with Crippen LogP contribution in [0.25, 0.3) is 11.3 Å². The molecule has 0 aliphatic rings. The number of nitrogens with one attached hydrogen (secondary N) is 2. The van der Waals surface area contributed by atoms with Crippen molar-refractivity contribution in [3.8, 4) is 17.0 Å². The highest BCUT2D eigenvalue weighted by atomic mass is 16.5. The van der Waals surface area contributed by atoms with E-state index >= 15 is 0 Å². The van der Waals surface area contributed by atoms with Crippen molar-refractivity contribution in [1.29, 1.82) is 0 Å². The molecule has 1 amide bonds. The molecule has 0 radical (unpaired) electrons. The number of benzene rings is 2. The number of rotatable bonds is 5. The second-order valence-electron chi connectivity index (χ2n) is 5.01. The van der Waals surface area contributed by atoms with E-state index in [1.807, 2.05) is 54.6 Å². The molecule has 3 rings (SSSR count). The maximum atomic E-state index is 12.1. The van der Waals surface area contributed by atoms with Gasteiger partial charge in [-0.2, -0.15) is 10.2 Å². The molecule has 2 N–H and O–H groups in total. The van der Waals surface area contributed by atoms with Gasteiger partial charge in [0.05, 0.1) is 19.0 Å². The maximum Gasteiger partial charge on any atom is 0.289 e. The van der Waals surface area contributed by atoms with Crippen LogP contribution in [0.5, 0.6) is 5.75 Å². The zero-order valence-corrected chi connectivity index (χ0v) is 13.1. The second-order valence-corrected chi connectivity index (χ2v) is 5.01. The van der Waals surface area contributed by atoms with Gasteiger partial charge in [-0.25, -0.2) is 5.43 Å². The van der Waals surface area contributed by atoms with Crippen molar-refractivity contribution in [1.82, 2.24) is 15.6 Å². The van der Waals surface area contributed by atoms with Gasteiger partial charge in [-0.15, -0.1) is 0 Å². The van der Waals surface area contributed by atoms with Crippen molar-refractivity contribution in [2.45, 2.75) is 0 Å². The van der Waals surface area contributed by atoms with Crippen LogP contribution in [-0.2, 0) is 0 Å². The lowest BCUT2D eigenvalue weighted by atomic mass is 10.1. The number of carbonyl (C=O) groups excluding carboxylic acids is 1. The summed E-state index contributed by atoms with van der Waals surface area (Å²) in [6, 6.07) is 18.6. The van der Waals surface area contributed by atoms with Gasteiger partial charge in [0.2, 0.25) is 0 Å². The molecule has 2 aromatic carbocycles. The van der Waals surface area contributed by atoms with Crippen molar-refractivity contribution in [2.24, 2.45) is 5.10 Å². The van der Waals surface area contributed by atoms with Crippen LogP contribution in [0.4, 0.5) is 0 Å². The van der Waals surface area contributed by atoms with Crippen molar-refractivity contribution in [2.75, 3.05) is 7.11 Å². The van der Waals surface area contributed by atoms with Crippen LogP contribution >= 0.6 is 0 Å². The molecule has 6 heteroatoms. The number of nitrogens with zero attached hydrogens (tertiary/aromatic N) is 2. The Morgan fingerprint density at radius 1 is 1.17 bits per heavy atom. The van der Waals surface area contributed by atoms with E-state index in [2.05, 4.69) is 20.7 Å². The highest BCUT2D eigenvalue weighted by Gasteiger charge is 2.10. The van der Waals surface area contributed by atoms with E-state index in [9.17, 15) is 4.79 Å². The summed E-state index contributed by atoms with van der Waals surface area (Å²) in [6.45, 7) is 0. The van der Waals surface area contributed by atoms with Gasteiger partial charge in [0.1, 0.15) is 11.4 Å². The molecule has 0 spiro atoms. The molecule has 0 bridgehead atoms. The largest absolute Gasteiger partial charge is 0.497 e. The first-order valence-corrected chi connectivity index (χ1v) is 7.34. The summed E-state index contributed by atoms with van der Waals surface area (Å²) in [5, 5.41) is 10.8. The Labute approximate surface area is 139 Å². The van der Waals surface area contributed by atoms with Gasteiger partial charge in [-0.3, -0.25) is 9.89 Å². The topological polar surface area (TPSA) is 79.4 Å². The Hall–Kier alpha value is -3.41. The molecule has 0 saturated heterocycles. The summed E-state index contributed by atoms with van der Waals surface area (Å²) >= 11 is 0. The Morgan fingerprint density at radius 3 is 2.62 bits per heavy atom. The molecule has 120 valence electrons. The summed E-state index contributed by atoms with van der Waals surface area (Å²) in [5.74, 6) is 0.414. The Balaban J connectivity index is 1.66. The summed E-state index contributed by atoms with van der Waals surface area (Å²) in [5.41, 5.74) is 5.28. The third-order valence-corrected chi connectivity index (χ3v) is 3.39. The standard InChI is InChI=1S/C18H16N4O2/c1-24-15-9-7-14(8-10-15)16-11-17(21-20-16)18(23)22-19-12-13-5-3-2-4-6-13/h2-12H,1H3,(H,20,21)(H,22,23).